The monoisotopic (exact) mass is 358 g/mol. The Balaban J connectivity index is 1.82. The molecule has 0 amide bonds. The van der Waals surface area contributed by atoms with Crippen LogP contribution in [0.5, 0.6) is 0 Å². The number of hydrogen-bond acceptors (Lipinski definition) is 5. The number of benzene rings is 1. The summed E-state index contributed by atoms with van der Waals surface area (Å²) in [6.07, 6.45) is 4.83. The Morgan fingerprint density at radius 2 is 1.88 bits per heavy atom. The Labute approximate surface area is 155 Å². The van der Waals surface area contributed by atoms with E-state index in [0.717, 1.165) is 30.3 Å². The van der Waals surface area contributed by atoms with Gasteiger partial charge in [-0.25, -0.2) is 9.67 Å². The van der Waals surface area contributed by atoms with Crippen LogP contribution in [0.15, 0.2) is 24.3 Å². The van der Waals surface area contributed by atoms with Crippen LogP contribution in [0.3, 0.4) is 0 Å². The van der Waals surface area contributed by atoms with E-state index < -0.39 is 6.10 Å². The maximum Gasteiger partial charge on any atom is 0.158 e. The quantitative estimate of drug-likeness (QED) is 0.786. The van der Waals surface area contributed by atoms with Crippen molar-refractivity contribution < 1.29 is 9.84 Å². The third-order valence-corrected chi connectivity index (χ3v) is 4.95. The lowest BCUT2D eigenvalue weighted by molar-refractivity contribution is 0.145. The maximum absolute atomic E-state index is 10.1. The molecule has 1 aliphatic heterocycles. The minimum Gasteiger partial charge on any atom is -0.391 e. The standard InChI is InChI=1S/C20H30N4O2/c1-3-18(25)15-24-20(21-19(22-24)11-14-26-2)16-7-9-17(10-8-16)23-12-5-4-6-13-23/h7-10,18,25H,3-6,11-15H2,1-2H3/t18-/m1/s1. The second-order valence-electron chi connectivity index (χ2n) is 6.93. The molecule has 1 atom stereocenters. The summed E-state index contributed by atoms with van der Waals surface area (Å²) in [5, 5.41) is 14.6. The van der Waals surface area contributed by atoms with E-state index >= 15 is 0 Å². The largest absolute Gasteiger partial charge is 0.391 e. The van der Waals surface area contributed by atoms with Crippen molar-refractivity contribution in [2.24, 2.45) is 0 Å². The fourth-order valence-electron chi connectivity index (χ4n) is 3.33. The van der Waals surface area contributed by atoms with Gasteiger partial charge >= 0.3 is 0 Å². The molecule has 0 radical (unpaired) electrons. The minimum atomic E-state index is -0.418. The number of rotatable bonds is 8. The third kappa shape index (κ3) is 4.62. The third-order valence-electron chi connectivity index (χ3n) is 4.95. The summed E-state index contributed by atoms with van der Waals surface area (Å²) in [5.74, 6) is 1.57. The minimum absolute atomic E-state index is 0.418. The van der Waals surface area contributed by atoms with Crippen LogP contribution < -0.4 is 4.90 Å². The fraction of sp³-hybridized carbons (Fsp3) is 0.600. The van der Waals surface area contributed by atoms with Gasteiger partial charge in [-0.1, -0.05) is 6.92 Å². The van der Waals surface area contributed by atoms with Gasteiger partial charge in [0.2, 0.25) is 0 Å². The average Bonchev–Trinajstić information content (AvgIpc) is 3.09. The van der Waals surface area contributed by atoms with Gasteiger partial charge in [-0.15, -0.1) is 0 Å². The predicted octanol–water partition coefficient (Wildman–Crippen LogP) is 2.90. The van der Waals surface area contributed by atoms with Crippen molar-refractivity contribution in [2.75, 3.05) is 31.7 Å². The van der Waals surface area contributed by atoms with Gasteiger partial charge < -0.3 is 14.7 Å². The lowest BCUT2D eigenvalue weighted by Crippen LogP contribution is -2.29. The molecule has 1 saturated heterocycles. The molecule has 1 aromatic carbocycles. The molecule has 1 N–H and O–H groups in total. The van der Waals surface area contributed by atoms with Gasteiger partial charge in [0.05, 0.1) is 19.3 Å². The van der Waals surface area contributed by atoms with E-state index in [-0.39, 0.29) is 0 Å². The van der Waals surface area contributed by atoms with Gasteiger partial charge in [-0.3, -0.25) is 0 Å². The molecule has 2 heterocycles. The number of aliphatic hydroxyl groups is 1. The van der Waals surface area contributed by atoms with Crippen LogP contribution in [0.1, 0.15) is 38.4 Å². The molecular formula is C20H30N4O2. The number of nitrogens with zero attached hydrogens (tertiary/aromatic N) is 4. The van der Waals surface area contributed by atoms with E-state index in [1.807, 2.05) is 11.6 Å². The topological polar surface area (TPSA) is 63.4 Å². The molecule has 2 aromatic rings. The molecule has 0 aliphatic carbocycles. The Morgan fingerprint density at radius 3 is 2.54 bits per heavy atom. The van der Waals surface area contributed by atoms with Crippen molar-refractivity contribution in [3.05, 3.63) is 30.1 Å². The van der Waals surface area contributed by atoms with E-state index in [1.54, 1.807) is 7.11 Å². The van der Waals surface area contributed by atoms with Crippen LogP contribution in [0.4, 0.5) is 5.69 Å². The van der Waals surface area contributed by atoms with Crippen LogP contribution in [-0.2, 0) is 17.7 Å². The number of hydrogen-bond donors (Lipinski definition) is 1. The Bertz CT molecular complexity index is 678. The number of aliphatic hydroxyl groups excluding tert-OH is 1. The highest BCUT2D eigenvalue weighted by molar-refractivity contribution is 5.61. The van der Waals surface area contributed by atoms with Gasteiger partial charge in [-0.05, 0) is 49.9 Å². The molecule has 0 bridgehead atoms. The molecule has 1 aliphatic rings. The zero-order valence-electron chi connectivity index (χ0n) is 15.9. The molecule has 26 heavy (non-hydrogen) atoms. The van der Waals surface area contributed by atoms with Crippen LogP contribution in [-0.4, -0.2) is 52.8 Å². The Hall–Kier alpha value is -1.92. The molecular weight excluding hydrogens is 328 g/mol. The first-order valence-electron chi connectivity index (χ1n) is 9.67. The maximum atomic E-state index is 10.1. The molecule has 3 rings (SSSR count). The van der Waals surface area contributed by atoms with Crippen molar-refractivity contribution in [1.29, 1.82) is 0 Å². The van der Waals surface area contributed by atoms with E-state index in [2.05, 4.69) is 34.3 Å². The average molecular weight is 358 g/mol. The lowest BCUT2D eigenvalue weighted by atomic mass is 10.1. The van der Waals surface area contributed by atoms with E-state index in [9.17, 15) is 5.11 Å². The van der Waals surface area contributed by atoms with Crippen molar-refractivity contribution in [2.45, 2.75) is 51.7 Å². The van der Waals surface area contributed by atoms with Gasteiger partial charge in [0, 0.05) is 37.9 Å². The molecule has 0 saturated carbocycles. The van der Waals surface area contributed by atoms with Crippen LogP contribution in [0.2, 0.25) is 0 Å². The molecule has 6 heteroatoms. The molecule has 0 unspecified atom stereocenters. The summed E-state index contributed by atoms with van der Waals surface area (Å²) in [6.45, 7) is 5.30. The van der Waals surface area contributed by atoms with Crippen LogP contribution in [0, 0.1) is 0 Å². The fourth-order valence-corrected chi connectivity index (χ4v) is 3.33. The van der Waals surface area contributed by atoms with Crippen molar-refractivity contribution >= 4 is 5.69 Å². The highest BCUT2D eigenvalue weighted by Gasteiger charge is 2.16. The number of anilines is 1. The molecule has 1 aromatic heterocycles. The van der Waals surface area contributed by atoms with Gasteiger partial charge in [0.15, 0.2) is 11.6 Å². The first-order valence-corrected chi connectivity index (χ1v) is 9.67. The van der Waals surface area contributed by atoms with Gasteiger partial charge in [0.1, 0.15) is 0 Å². The molecule has 1 fully saturated rings. The molecule has 0 spiro atoms. The number of aromatic nitrogens is 3. The van der Waals surface area contributed by atoms with Crippen molar-refractivity contribution in [3.8, 4) is 11.4 Å². The van der Waals surface area contributed by atoms with Crippen LogP contribution in [0.25, 0.3) is 11.4 Å². The zero-order chi connectivity index (χ0) is 18.4. The lowest BCUT2D eigenvalue weighted by Gasteiger charge is -2.28. The molecule has 142 valence electrons. The van der Waals surface area contributed by atoms with Crippen molar-refractivity contribution in [3.63, 3.8) is 0 Å². The number of methoxy groups -OCH3 is 1. The predicted molar refractivity (Wildman–Crippen MR) is 103 cm³/mol. The summed E-state index contributed by atoms with van der Waals surface area (Å²) in [5.41, 5.74) is 2.30. The van der Waals surface area contributed by atoms with E-state index in [0.29, 0.717) is 26.0 Å². The van der Waals surface area contributed by atoms with Gasteiger partial charge in [0.25, 0.3) is 0 Å². The zero-order valence-corrected chi connectivity index (χ0v) is 15.9. The second kappa shape index (κ2) is 9.14. The SMILES string of the molecule is CC[C@@H](O)Cn1nc(CCOC)nc1-c1ccc(N2CCCCC2)cc1. The Kier molecular flexibility index (Phi) is 6.63. The molecule has 6 nitrogen and oxygen atoms in total. The summed E-state index contributed by atoms with van der Waals surface area (Å²) in [6, 6.07) is 8.57. The second-order valence-corrected chi connectivity index (χ2v) is 6.93. The van der Waals surface area contributed by atoms with E-state index in [1.165, 1.54) is 24.9 Å². The van der Waals surface area contributed by atoms with E-state index in [4.69, 9.17) is 9.72 Å². The number of piperidine rings is 1. The van der Waals surface area contributed by atoms with Crippen molar-refractivity contribution in [1.82, 2.24) is 14.8 Å². The highest BCUT2D eigenvalue weighted by Crippen LogP contribution is 2.25. The summed E-state index contributed by atoms with van der Waals surface area (Å²) in [4.78, 5) is 7.14. The summed E-state index contributed by atoms with van der Waals surface area (Å²) >= 11 is 0. The highest BCUT2D eigenvalue weighted by atomic mass is 16.5. The smallest absolute Gasteiger partial charge is 0.158 e. The van der Waals surface area contributed by atoms with Crippen LogP contribution >= 0.6 is 0 Å². The normalized spacial score (nSPS) is 16.0. The Morgan fingerprint density at radius 1 is 1.15 bits per heavy atom. The summed E-state index contributed by atoms with van der Waals surface area (Å²) in [7, 11) is 1.68. The first-order chi connectivity index (χ1) is 12.7. The summed E-state index contributed by atoms with van der Waals surface area (Å²) < 4.78 is 6.97. The van der Waals surface area contributed by atoms with Gasteiger partial charge in [-0.2, -0.15) is 5.10 Å². The first kappa shape index (κ1) is 18.9. The number of ether oxygens (including phenoxy) is 1.